The van der Waals surface area contributed by atoms with Gasteiger partial charge < -0.3 is 34.8 Å². The first-order valence-corrected chi connectivity index (χ1v) is 11.4. The van der Waals surface area contributed by atoms with Crippen molar-refractivity contribution in [2.45, 2.75) is 20.4 Å². The number of rotatable bonds is 12. The second-order valence-electron chi connectivity index (χ2n) is 7.79. The van der Waals surface area contributed by atoms with Gasteiger partial charge in [0.25, 0.3) is 5.91 Å². The van der Waals surface area contributed by atoms with Crippen LogP contribution in [0.1, 0.15) is 45.7 Å². The van der Waals surface area contributed by atoms with Gasteiger partial charge in [0, 0.05) is 23.7 Å². The van der Waals surface area contributed by atoms with Gasteiger partial charge in [-0.3, -0.25) is 9.59 Å². The molecule has 2 aromatic rings. The number of esters is 2. The summed E-state index contributed by atoms with van der Waals surface area (Å²) in [7, 11) is 0. The van der Waals surface area contributed by atoms with Crippen LogP contribution in [-0.4, -0.2) is 72.5 Å². The summed E-state index contributed by atoms with van der Waals surface area (Å²) in [6.45, 7) is 2.74. The summed E-state index contributed by atoms with van der Waals surface area (Å²) >= 11 is 0. The van der Waals surface area contributed by atoms with Gasteiger partial charge in [-0.1, -0.05) is 11.2 Å². The molecule has 3 rings (SSSR count). The number of ether oxygens (including phenoxy) is 4. The summed E-state index contributed by atoms with van der Waals surface area (Å²) < 4.78 is 20.6. The molecule has 0 fully saturated rings. The number of amides is 1. The molecule has 12 heteroatoms. The smallest absolute Gasteiger partial charge is 0.344 e. The monoisotopic (exact) mass is 513 g/mol. The van der Waals surface area contributed by atoms with Crippen LogP contribution in [0, 0.1) is 0 Å². The minimum atomic E-state index is -0.634. The molecule has 0 unspecified atom stereocenters. The number of oxime groups is 1. The number of benzene rings is 2. The minimum Gasteiger partial charge on any atom is -0.482 e. The standard InChI is InChI=1S/C25H27N3O9/c1-3-34-22(30)13-36-17-6-8-19(21(10-17)37-14-23(31)35-4-2)20(29)12-28-11-16-9-15(24(26)27-33)5-7-18(16)25(28)32/h5-10,33H,3-4,11-14H2,1-2H3,(H2,26,27). The second-order valence-corrected chi connectivity index (χ2v) is 7.79. The van der Waals surface area contributed by atoms with E-state index in [2.05, 4.69) is 5.16 Å². The molecule has 37 heavy (non-hydrogen) atoms. The SMILES string of the molecule is CCOC(=O)COc1ccc(C(=O)CN2Cc3cc(/C(N)=N/O)ccc3C2=O)c(OCC(=O)OCC)c1. The highest BCUT2D eigenvalue weighted by Crippen LogP contribution is 2.28. The zero-order valence-corrected chi connectivity index (χ0v) is 20.4. The van der Waals surface area contributed by atoms with E-state index >= 15 is 0 Å². The lowest BCUT2D eigenvalue weighted by atomic mass is 10.1. The number of amidine groups is 1. The fraction of sp³-hybridized carbons (Fsp3) is 0.320. The summed E-state index contributed by atoms with van der Waals surface area (Å²) in [4.78, 5) is 50.8. The average Bonchev–Trinajstić information content (AvgIpc) is 3.20. The zero-order valence-electron chi connectivity index (χ0n) is 20.4. The van der Waals surface area contributed by atoms with Crippen LogP contribution in [0.2, 0.25) is 0 Å². The molecule has 1 amide bonds. The zero-order chi connectivity index (χ0) is 26.9. The molecule has 0 aromatic heterocycles. The van der Waals surface area contributed by atoms with Gasteiger partial charge in [0.15, 0.2) is 24.8 Å². The fourth-order valence-electron chi connectivity index (χ4n) is 3.61. The van der Waals surface area contributed by atoms with Crippen molar-refractivity contribution < 1.29 is 43.3 Å². The van der Waals surface area contributed by atoms with Crippen LogP contribution < -0.4 is 15.2 Å². The summed E-state index contributed by atoms with van der Waals surface area (Å²) in [5, 5.41) is 11.9. The van der Waals surface area contributed by atoms with E-state index in [9.17, 15) is 19.2 Å². The summed E-state index contributed by atoms with van der Waals surface area (Å²) in [5.41, 5.74) is 7.21. The third-order valence-corrected chi connectivity index (χ3v) is 5.29. The van der Waals surface area contributed by atoms with E-state index in [4.69, 9.17) is 29.9 Å². The maximum atomic E-state index is 13.2. The molecule has 0 spiro atoms. The Hall–Kier alpha value is -4.61. The molecular weight excluding hydrogens is 486 g/mol. The lowest BCUT2D eigenvalue weighted by Gasteiger charge is -2.17. The topological polar surface area (TPSA) is 167 Å². The molecule has 0 aliphatic carbocycles. The lowest BCUT2D eigenvalue weighted by molar-refractivity contribution is -0.146. The van der Waals surface area contributed by atoms with E-state index in [1.54, 1.807) is 32.0 Å². The summed E-state index contributed by atoms with van der Waals surface area (Å²) in [5.74, 6) is -1.87. The quantitative estimate of drug-likeness (QED) is 0.106. The molecule has 1 aliphatic heterocycles. The molecule has 196 valence electrons. The maximum Gasteiger partial charge on any atom is 0.344 e. The minimum absolute atomic E-state index is 0.0257. The largest absolute Gasteiger partial charge is 0.482 e. The van der Waals surface area contributed by atoms with Crippen molar-refractivity contribution in [2.75, 3.05) is 33.0 Å². The Morgan fingerprint density at radius 1 is 1.00 bits per heavy atom. The molecule has 0 radical (unpaired) electrons. The number of ketones is 1. The van der Waals surface area contributed by atoms with Crippen LogP contribution in [0.25, 0.3) is 0 Å². The van der Waals surface area contributed by atoms with Crippen molar-refractivity contribution in [2.24, 2.45) is 10.9 Å². The van der Waals surface area contributed by atoms with Crippen molar-refractivity contribution in [1.82, 2.24) is 4.90 Å². The van der Waals surface area contributed by atoms with E-state index in [1.807, 2.05) is 0 Å². The van der Waals surface area contributed by atoms with E-state index in [-0.39, 0.29) is 61.7 Å². The van der Waals surface area contributed by atoms with Gasteiger partial charge >= 0.3 is 11.9 Å². The second kappa shape index (κ2) is 12.4. The first-order chi connectivity index (χ1) is 17.8. The normalized spacial score (nSPS) is 12.6. The maximum absolute atomic E-state index is 13.2. The number of nitrogens with zero attached hydrogens (tertiary/aromatic N) is 2. The first-order valence-electron chi connectivity index (χ1n) is 11.4. The first kappa shape index (κ1) is 27.0. The van der Waals surface area contributed by atoms with Crippen LogP contribution in [0.5, 0.6) is 11.5 Å². The molecule has 0 atom stereocenters. The molecule has 2 aromatic carbocycles. The molecule has 1 heterocycles. The number of hydrogen-bond donors (Lipinski definition) is 2. The van der Waals surface area contributed by atoms with Crippen molar-refractivity contribution in [1.29, 1.82) is 0 Å². The molecule has 0 saturated heterocycles. The molecule has 1 aliphatic rings. The van der Waals surface area contributed by atoms with Gasteiger partial charge in [0.05, 0.1) is 25.3 Å². The Balaban J connectivity index is 1.78. The van der Waals surface area contributed by atoms with Crippen molar-refractivity contribution >= 4 is 29.5 Å². The van der Waals surface area contributed by atoms with E-state index in [0.29, 0.717) is 16.7 Å². The lowest BCUT2D eigenvalue weighted by Crippen LogP contribution is -2.30. The Bertz CT molecular complexity index is 1230. The average molecular weight is 514 g/mol. The predicted octanol–water partition coefficient (Wildman–Crippen LogP) is 1.50. The predicted molar refractivity (Wildman–Crippen MR) is 129 cm³/mol. The van der Waals surface area contributed by atoms with Crippen LogP contribution in [0.4, 0.5) is 0 Å². The summed E-state index contributed by atoms with van der Waals surface area (Å²) in [6, 6.07) is 8.99. The van der Waals surface area contributed by atoms with E-state index in [1.165, 1.54) is 23.1 Å². The van der Waals surface area contributed by atoms with Crippen molar-refractivity contribution in [3.05, 3.63) is 58.7 Å². The molecular formula is C25H27N3O9. The number of Topliss-reactive ketones (excluding diaryl/α,β-unsaturated/α-hetero) is 1. The Kier molecular flexibility index (Phi) is 9.03. The third kappa shape index (κ3) is 6.75. The Morgan fingerprint density at radius 3 is 2.32 bits per heavy atom. The van der Waals surface area contributed by atoms with Crippen LogP contribution in [0.3, 0.4) is 0 Å². The highest BCUT2D eigenvalue weighted by Gasteiger charge is 2.30. The molecule has 3 N–H and O–H groups in total. The highest BCUT2D eigenvalue weighted by atomic mass is 16.6. The number of carbonyl (C=O) groups excluding carboxylic acids is 4. The highest BCUT2D eigenvalue weighted by molar-refractivity contribution is 6.06. The van der Waals surface area contributed by atoms with Gasteiger partial charge in [-0.2, -0.15) is 0 Å². The van der Waals surface area contributed by atoms with Crippen LogP contribution >= 0.6 is 0 Å². The van der Waals surface area contributed by atoms with Crippen LogP contribution in [0.15, 0.2) is 41.6 Å². The van der Waals surface area contributed by atoms with Gasteiger partial charge in [-0.05, 0) is 43.7 Å². The number of nitrogens with two attached hydrogens (primary N) is 1. The Labute approximate surface area is 212 Å². The molecule has 0 bridgehead atoms. The fourth-order valence-corrected chi connectivity index (χ4v) is 3.61. The van der Waals surface area contributed by atoms with Crippen LogP contribution in [-0.2, 0) is 25.6 Å². The number of carbonyl (C=O) groups is 4. The van der Waals surface area contributed by atoms with Crippen molar-refractivity contribution in [3.8, 4) is 11.5 Å². The number of hydrogen-bond acceptors (Lipinski definition) is 10. The third-order valence-electron chi connectivity index (χ3n) is 5.29. The number of fused-ring (bicyclic) bond motifs is 1. The molecule has 0 saturated carbocycles. The van der Waals surface area contributed by atoms with Gasteiger partial charge in [0.2, 0.25) is 0 Å². The van der Waals surface area contributed by atoms with E-state index in [0.717, 1.165) is 0 Å². The summed E-state index contributed by atoms with van der Waals surface area (Å²) in [6.07, 6.45) is 0. The van der Waals surface area contributed by atoms with Gasteiger partial charge in [-0.15, -0.1) is 0 Å². The Morgan fingerprint density at radius 2 is 1.68 bits per heavy atom. The van der Waals surface area contributed by atoms with Gasteiger partial charge in [0.1, 0.15) is 11.5 Å². The molecule has 12 nitrogen and oxygen atoms in total. The van der Waals surface area contributed by atoms with E-state index < -0.39 is 24.3 Å². The van der Waals surface area contributed by atoms with Crippen molar-refractivity contribution in [3.63, 3.8) is 0 Å². The van der Waals surface area contributed by atoms with Gasteiger partial charge in [-0.25, -0.2) is 9.59 Å².